The lowest BCUT2D eigenvalue weighted by Crippen LogP contribution is -2.34. The third-order valence-electron chi connectivity index (χ3n) is 6.26. The summed E-state index contributed by atoms with van der Waals surface area (Å²) in [5, 5.41) is 3.39. The van der Waals surface area contributed by atoms with Crippen molar-refractivity contribution in [2.75, 3.05) is 26.2 Å². The molecule has 0 bridgehead atoms. The van der Waals surface area contributed by atoms with Gasteiger partial charge in [0.15, 0.2) is 0 Å². The van der Waals surface area contributed by atoms with Crippen molar-refractivity contribution >= 4 is 22.4 Å². The molecule has 3 rings (SSSR count). The summed E-state index contributed by atoms with van der Waals surface area (Å²) < 4.78 is 28.4. The second-order valence-electron chi connectivity index (χ2n) is 7.47. The van der Waals surface area contributed by atoms with Crippen LogP contribution in [0.2, 0.25) is 0 Å². The van der Waals surface area contributed by atoms with Crippen LogP contribution in [0.1, 0.15) is 40.7 Å². The Hall–Kier alpha value is -0.620. The number of hydrogen-bond acceptors (Lipinski definition) is 3. The quantitative estimate of drug-likeness (QED) is 0.868. The van der Waals surface area contributed by atoms with E-state index in [2.05, 4.69) is 12.2 Å². The van der Waals surface area contributed by atoms with Crippen LogP contribution in [0.15, 0.2) is 4.90 Å². The SMILES string of the molecule is Cc1c(C)c(C)c(S(=O)(=O)N2CCC3(CCNC3)C2)c(C)c1C.Cl. The lowest BCUT2D eigenvalue weighted by molar-refractivity contribution is 0.338. The normalized spacial score (nSPS) is 24.5. The van der Waals surface area contributed by atoms with Crippen molar-refractivity contribution in [3.05, 3.63) is 27.8 Å². The lowest BCUT2D eigenvalue weighted by Gasteiger charge is -2.25. The molecule has 1 spiro atoms. The molecule has 1 N–H and O–H groups in total. The Morgan fingerprint density at radius 1 is 0.917 bits per heavy atom. The van der Waals surface area contributed by atoms with E-state index in [1.54, 1.807) is 4.31 Å². The van der Waals surface area contributed by atoms with Gasteiger partial charge in [0.25, 0.3) is 0 Å². The van der Waals surface area contributed by atoms with Crippen LogP contribution in [-0.4, -0.2) is 38.9 Å². The predicted molar refractivity (Wildman–Crippen MR) is 101 cm³/mol. The maximum absolute atomic E-state index is 13.3. The number of sulfonamides is 1. The number of rotatable bonds is 2. The molecule has 24 heavy (non-hydrogen) atoms. The van der Waals surface area contributed by atoms with Gasteiger partial charge in [0.05, 0.1) is 4.90 Å². The van der Waals surface area contributed by atoms with Gasteiger partial charge in [0.2, 0.25) is 10.0 Å². The molecule has 1 atom stereocenters. The minimum absolute atomic E-state index is 0. The first-order chi connectivity index (χ1) is 10.7. The second kappa shape index (κ2) is 6.60. The second-order valence-corrected chi connectivity index (χ2v) is 9.34. The van der Waals surface area contributed by atoms with Gasteiger partial charge in [-0.25, -0.2) is 8.42 Å². The minimum atomic E-state index is -3.42. The molecule has 4 nitrogen and oxygen atoms in total. The molecule has 0 aromatic heterocycles. The largest absolute Gasteiger partial charge is 0.316 e. The molecule has 1 unspecified atom stereocenters. The molecule has 2 fully saturated rings. The molecule has 1 aromatic carbocycles. The Balaban J connectivity index is 0.00000208. The molecule has 0 amide bonds. The van der Waals surface area contributed by atoms with Crippen molar-refractivity contribution in [3.63, 3.8) is 0 Å². The van der Waals surface area contributed by atoms with E-state index in [4.69, 9.17) is 0 Å². The minimum Gasteiger partial charge on any atom is -0.316 e. The fourth-order valence-corrected chi connectivity index (χ4v) is 6.34. The molecule has 0 radical (unpaired) electrons. The highest BCUT2D eigenvalue weighted by molar-refractivity contribution is 7.89. The average Bonchev–Trinajstić information content (AvgIpc) is 3.14. The Morgan fingerprint density at radius 3 is 1.96 bits per heavy atom. The molecule has 0 saturated carbocycles. The van der Waals surface area contributed by atoms with Gasteiger partial charge in [-0.05, 0) is 87.2 Å². The Morgan fingerprint density at radius 2 is 1.46 bits per heavy atom. The highest BCUT2D eigenvalue weighted by Crippen LogP contribution is 2.40. The highest BCUT2D eigenvalue weighted by atomic mass is 35.5. The van der Waals surface area contributed by atoms with E-state index < -0.39 is 10.0 Å². The van der Waals surface area contributed by atoms with Gasteiger partial charge >= 0.3 is 0 Å². The van der Waals surface area contributed by atoms with Crippen LogP contribution < -0.4 is 5.32 Å². The number of halogens is 1. The number of benzene rings is 1. The molecule has 2 heterocycles. The van der Waals surface area contributed by atoms with Crippen molar-refractivity contribution in [1.82, 2.24) is 9.62 Å². The summed E-state index contributed by atoms with van der Waals surface area (Å²) in [5.74, 6) is 0. The first-order valence-electron chi connectivity index (χ1n) is 8.47. The summed E-state index contributed by atoms with van der Waals surface area (Å²) in [5.41, 5.74) is 5.39. The van der Waals surface area contributed by atoms with Crippen LogP contribution in [0.4, 0.5) is 0 Å². The predicted octanol–water partition coefficient (Wildman–Crippen LogP) is 3.02. The average molecular weight is 373 g/mol. The smallest absolute Gasteiger partial charge is 0.243 e. The van der Waals surface area contributed by atoms with Gasteiger partial charge in [-0.1, -0.05) is 0 Å². The topological polar surface area (TPSA) is 49.4 Å². The zero-order valence-corrected chi connectivity index (χ0v) is 17.0. The van der Waals surface area contributed by atoms with Gasteiger partial charge in [0.1, 0.15) is 0 Å². The van der Waals surface area contributed by atoms with Crippen LogP contribution in [0.3, 0.4) is 0 Å². The summed E-state index contributed by atoms with van der Waals surface area (Å²) in [6.45, 7) is 13.3. The van der Waals surface area contributed by atoms with E-state index in [-0.39, 0.29) is 17.8 Å². The van der Waals surface area contributed by atoms with Gasteiger partial charge in [-0.3, -0.25) is 0 Å². The zero-order chi connectivity index (χ0) is 17.0. The first-order valence-corrected chi connectivity index (χ1v) is 9.91. The van der Waals surface area contributed by atoms with Gasteiger partial charge in [-0.15, -0.1) is 12.4 Å². The van der Waals surface area contributed by atoms with Crippen molar-refractivity contribution < 1.29 is 8.42 Å². The molecule has 6 heteroatoms. The zero-order valence-electron chi connectivity index (χ0n) is 15.3. The molecule has 2 aliphatic rings. The molecule has 2 aliphatic heterocycles. The molecule has 136 valence electrons. The molecular formula is C18H29ClN2O2S. The number of nitrogens with zero attached hydrogens (tertiary/aromatic N) is 1. The molecule has 1 aromatic rings. The van der Waals surface area contributed by atoms with E-state index in [0.29, 0.717) is 18.0 Å². The molecule has 0 aliphatic carbocycles. The summed E-state index contributed by atoms with van der Waals surface area (Å²) in [6, 6.07) is 0. The van der Waals surface area contributed by atoms with Crippen molar-refractivity contribution in [2.24, 2.45) is 5.41 Å². The molecular weight excluding hydrogens is 344 g/mol. The maximum atomic E-state index is 13.3. The van der Waals surface area contributed by atoms with Crippen LogP contribution in [0.5, 0.6) is 0 Å². The van der Waals surface area contributed by atoms with E-state index in [9.17, 15) is 8.42 Å². The van der Waals surface area contributed by atoms with Crippen LogP contribution in [0, 0.1) is 40.0 Å². The standard InChI is InChI=1S/C18H28N2O2S.ClH/c1-12-13(2)15(4)17(16(5)14(12)3)23(21,22)20-9-7-18(11-20)6-8-19-10-18;/h19H,6-11H2,1-5H3;1H. The first kappa shape index (κ1) is 19.7. The van der Waals surface area contributed by atoms with Crippen LogP contribution in [0.25, 0.3) is 0 Å². The number of hydrogen-bond donors (Lipinski definition) is 1. The highest BCUT2D eigenvalue weighted by Gasteiger charge is 2.45. The Kier molecular flexibility index (Phi) is 5.42. The van der Waals surface area contributed by atoms with Crippen LogP contribution >= 0.6 is 12.4 Å². The molecule has 2 saturated heterocycles. The lowest BCUT2D eigenvalue weighted by atomic mass is 9.87. The fraction of sp³-hybridized carbons (Fsp3) is 0.667. The summed E-state index contributed by atoms with van der Waals surface area (Å²) >= 11 is 0. The van der Waals surface area contributed by atoms with Crippen molar-refractivity contribution in [1.29, 1.82) is 0 Å². The van der Waals surface area contributed by atoms with Gasteiger partial charge < -0.3 is 5.32 Å². The third kappa shape index (κ3) is 2.90. The maximum Gasteiger partial charge on any atom is 0.243 e. The van der Waals surface area contributed by atoms with E-state index in [0.717, 1.165) is 48.2 Å². The number of nitrogens with one attached hydrogen (secondary N) is 1. The van der Waals surface area contributed by atoms with E-state index in [1.807, 2.05) is 27.7 Å². The summed E-state index contributed by atoms with van der Waals surface area (Å²) in [6.07, 6.45) is 2.06. The Bertz CT molecular complexity index is 724. The monoisotopic (exact) mass is 372 g/mol. The summed E-state index contributed by atoms with van der Waals surface area (Å²) in [4.78, 5) is 0.543. The van der Waals surface area contributed by atoms with E-state index in [1.165, 1.54) is 5.56 Å². The van der Waals surface area contributed by atoms with Gasteiger partial charge in [0, 0.05) is 19.6 Å². The van der Waals surface area contributed by atoms with Crippen molar-refractivity contribution in [2.45, 2.75) is 52.4 Å². The van der Waals surface area contributed by atoms with Crippen LogP contribution in [-0.2, 0) is 10.0 Å². The van der Waals surface area contributed by atoms with Gasteiger partial charge in [-0.2, -0.15) is 4.31 Å². The van der Waals surface area contributed by atoms with E-state index >= 15 is 0 Å². The third-order valence-corrected chi connectivity index (χ3v) is 8.38. The summed E-state index contributed by atoms with van der Waals surface area (Å²) in [7, 11) is -3.42. The fourth-order valence-electron chi connectivity index (χ4n) is 4.22. The Labute approximate surface area is 152 Å². The van der Waals surface area contributed by atoms with Crippen molar-refractivity contribution in [3.8, 4) is 0 Å².